The van der Waals surface area contributed by atoms with Crippen LogP contribution in [0.5, 0.6) is 0 Å². The molecule has 0 aliphatic rings. The van der Waals surface area contributed by atoms with Gasteiger partial charge in [-0.3, -0.25) is 4.68 Å². The lowest BCUT2D eigenvalue weighted by atomic mass is 10.1. The summed E-state index contributed by atoms with van der Waals surface area (Å²) in [5.41, 5.74) is 2.40. The van der Waals surface area contributed by atoms with Crippen LogP contribution in [0.4, 0.5) is 0 Å². The molecule has 0 bridgehead atoms. The van der Waals surface area contributed by atoms with Crippen LogP contribution in [0.1, 0.15) is 29.2 Å². The lowest BCUT2D eigenvalue weighted by Gasteiger charge is -2.15. The number of hydrogen-bond donors (Lipinski definition) is 1. The van der Waals surface area contributed by atoms with Gasteiger partial charge in [-0.15, -0.1) is 11.3 Å². The first-order valence-electron chi connectivity index (χ1n) is 6.08. The van der Waals surface area contributed by atoms with Gasteiger partial charge in [0.15, 0.2) is 0 Å². The topological polar surface area (TPSA) is 29.9 Å². The van der Waals surface area contributed by atoms with E-state index in [0.717, 1.165) is 18.5 Å². The van der Waals surface area contributed by atoms with E-state index in [0.29, 0.717) is 6.04 Å². The van der Waals surface area contributed by atoms with Crippen molar-refractivity contribution in [2.45, 2.75) is 25.8 Å². The Kier molecular flexibility index (Phi) is 4.59. The van der Waals surface area contributed by atoms with Crippen molar-refractivity contribution >= 4 is 27.3 Å². The summed E-state index contributed by atoms with van der Waals surface area (Å²) in [5.74, 6) is 0. The summed E-state index contributed by atoms with van der Waals surface area (Å²) >= 11 is 5.30. The summed E-state index contributed by atoms with van der Waals surface area (Å²) in [4.78, 5) is 1.38. The number of nitrogens with one attached hydrogen (secondary N) is 1. The molecule has 2 aromatic rings. The lowest BCUT2D eigenvalue weighted by molar-refractivity contribution is 0.540. The van der Waals surface area contributed by atoms with Gasteiger partial charge >= 0.3 is 0 Å². The van der Waals surface area contributed by atoms with Crippen molar-refractivity contribution in [3.8, 4) is 0 Å². The molecule has 3 nitrogen and oxygen atoms in total. The fraction of sp³-hybridized carbons (Fsp3) is 0.462. The third-order valence-corrected chi connectivity index (χ3v) is 4.71. The van der Waals surface area contributed by atoms with Crippen molar-refractivity contribution in [2.75, 3.05) is 7.05 Å². The fourth-order valence-electron chi connectivity index (χ4n) is 2.06. The van der Waals surface area contributed by atoms with Gasteiger partial charge in [-0.05, 0) is 47.6 Å². The number of thiophene rings is 1. The molecule has 1 unspecified atom stereocenters. The SMILES string of the molecule is CCc1cc(C(Cc2ccc(Br)s2)NC)n(C)n1. The zero-order chi connectivity index (χ0) is 13.1. The molecule has 0 amide bonds. The summed E-state index contributed by atoms with van der Waals surface area (Å²) < 4.78 is 3.18. The van der Waals surface area contributed by atoms with E-state index >= 15 is 0 Å². The molecule has 0 fully saturated rings. The average Bonchev–Trinajstić information content (AvgIpc) is 2.92. The standard InChI is InChI=1S/C13H18BrN3S/c1-4-9-7-12(17(3)16-9)11(15-2)8-10-5-6-13(14)18-10/h5-7,11,15H,4,8H2,1-3H3. The molecule has 18 heavy (non-hydrogen) atoms. The number of nitrogens with zero attached hydrogens (tertiary/aromatic N) is 2. The quantitative estimate of drug-likeness (QED) is 0.913. The zero-order valence-corrected chi connectivity index (χ0v) is 13.3. The van der Waals surface area contributed by atoms with Gasteiger partial charge < -0.3 is 5.32 Å². The second-order valence-electron chi connectivity index (χ2n) is 4.29. The first-order valence-corrected chi connectivity index (χ1v) is 7.69. The first-order chi connectivity index (χ1) is 8.63. The minimum absolute atomic E-state index is 0.313. The maximum atomic E-state index is 4.52. The fourth-order valence-corrected chi connectivity index (χ4v) is 3.59. The molecule has 1 N–H and O–H groups in total. The maximum absolute atomic E-state index is 4.52. The van der Waals surface area contributed by atoms with Crippen LogP contribution in [-0.4, -0.2) is 16.8 Å². The van der Waals surface area contributed by atoms with Crippen LogP contribution in [0.3, 0.4) is 0 Å². The zero-order valence-electron chi connectivity index (χ0n) is 10.9. The molecule has 0 saturated heterocycles. The molecule has 0 radical (unpaired) electrons. The molecule has 0 aliphatic heterocycles. The summed E-state index contributed by atoms with van der Waals surface area (Å²) in [6.45, 7) is 2.14. The van der Waals surface area contributed by atoms with Crippen LogP contribution < -0.4 is 5.32 Å². The van der Waals surface area contributed by atoms with Crippen LogP contribution >= 0.6 is 27.3 Å². The third kappa shape index (κ3) is 3.02. The second-order valence-corrected chi connectivity index (χ2v) is 6.84. The molecule has 5 heteroatoms. The Bertz CT molecular complexity index is 518. The van der Waals surface area contributed by atoms with Crippen LogP contribution in [0.2, 0.25) is 0 Å². The van der Waals surface area contributed by atoms with Crippen LogP contribution in [0, 0.1) is 0 Å². The van der Waals surface area contributed by atoms with E-state index < -0.39 is 0 Å². The number of rotatable bonds is 5. The molecule has 0 saturated carbocycles. The lowest BCUT2D eigenvalue weighted by Crippen LogP contribution is -2.21. The molecule has 2 rings (SSSR count). The van der Waals surface area contributed by atoms with Gasteiger partial charge in [0.1, 0.15) is 0 Å². The van der Waals surface area contributed by atoms with Gasteiger partial charge in [0.05, 0.1) is 21.2 Å². The molecule has 2 aromatic heterocycles. The Morgan fingerprint density at radius 2 is 2.28 bits per heavy atom. The largest absolute Gasteiger partial charge is 0.311 e. The monoisotopic (exact) mass is 327 g/mol. The second kappa shape index (κ2) is 5.99. The van der Waals surface area contributed by atoms with Crippen molar-refractivity contribution in [3.63, 3.8) is 0 Å². The van der Waals surface area contributed by atoms with Crippen molar-refractivity contribution in [1.82, 2.24) is 15.1 Å². The maximum Gasteiger partial charge on any atom is 0.0701 e. The van der Waals surface area contributed by atoms with Crippen LogP contribution in [0.15, 0.2) is 22.0 Å². The third-order valence-electron chi connectivity index (χ3n) is 3.07. The van der Waals surface area contributed by atoms with E-state index in [-0.39, 0.29) is 0 Å². The predicted octanol–water partition coefficient (Wildman–Crippen LogP) is 3.31. The highest BCUT2D eigenvalue weighted by atomic mass is 79.9. The van der Waals surface area contributed by atoms with Gasteiger partial charge in [0.2, 0.25) is 0 Å². The Balaban J connectivity index is 2.19. The van der Waals surface area contributed by atoms with E-state index in [9.17, 15) is 0 Å². The van der Waals surface area contributed by atoms with E-state index in [4.69, 9.17) is 0 Å². The highest BCUT2D eigenvalue weighted by Gasteiger charge is 2.16. The molecule has 0 spiro atoms. The molecular formula is C13H18BrN3S. The number of aromatic nitrogens is 2. The Morgan fingerprint density at radius 3 is 2.78 bits per heavy atom. The smallest absolute Gasteiger partial charge is 0.0701 e. The predicted molar refractivity (Wildman–Crippen MR) is 80.1 cm³/mol. The van der Waals surface area contributed by atoms with Crippen molar-refractivity contribution in [2.24, 2.45) is 7.05 Å². The average molecular weight is 328 g/mol. The first kappa shape index (κ1) is 13.8. The van der Waals surface area contributed by atoms with Gasteiger partial charge in [0.25, 0.3) is 0 Å². The van der Waals surface area contributed by atoms with E-state index in [1.807, 2.05) is 18.8 Å². The Hall–Kier alpha value is -0.650. The molecule has 98 valence electrons. The normalized spacial score (nSPS) is 12.9. The summed E-state index contributed by atoms with van der Waals surface area (Å²) in [5, 5.41) is 7.90. The minimum Gasteiger partial charge on any atom is -0.311 e. The van der Waals surface area contributed by atoms with Gasteiger partial charge in [0, 0.05) is 18.3 Å². The highest BCUT2D eigenvalue weighted by Crippen LogP contribution is 2.27. The number of likely N-dealkylation sites (N-methyl/N-ethyl adjacent to an activating group) is 1. The molecule has 2 heterocycles. The van der Waals surface area contributed by atoms with Gasteiger partial charge in [-0.1, -0.05) is 6.92 Å². The van der Waals surface area contributed by atoms with Crippen molar-refractivity contribution in [1.29, 1.82) is 0 Å². The van der Waals surface area contributed by atoms with E-state index in [1.165, 1.54) is 14.4 Å². The molecule has 0 aliphatic carbocycles. The summed E-state index contributed by atoms with van der Waals surface area (Å²) in [6.07, 6.45) is 1.98. The van der Waals surface area contributed by atoms with Crippen molar-refractivity contribution in [3.05, 3.63) is 38.3 Å². The van der Waals surface area contributed by atoms with Crippen LogP contribution in [0.25, 0.3) is 0 Å². The van der Waals surface area contributed by atoms with Crippen LogP contribution in [-0.2, 0) is 19.9 Å². The highest BCUT2D eigenvalue weighted by molar-refractivity contribution is 9.11. The van der Waals surface area contributed by atoms with Gasteiger partial charge in [-0.25, -0.2) is 0 Å². The van der Waals surface area contributed by atoms with Crippen molar-refractivity contribution < 1.29 is 0 Å². The minimum atomic E-state index is 0.313. The molecule has 0 aromatic carbocycles. The number of aryl methyl sites for hydroxylation is 2. The Labute approximate surface area is 120 Å². The molecular weight excluding hydrogens is 310 g/mol. The Morgan fingerprint density at radius 1 is 1.50 bits per heavy atom. The van der Waals surface area contributed by atoms with E-state index in [1.54, 1.807) is 11.3 Å². The van der Waals surface area contributed by atoms with E-state index in [2.05, 4.69) is 51.5 Å². The summed E-state index contributed by atoms with van der Waals surface area (Å²) in [6, 6.07) is 6.79. The number of hydrogen-bond acceptors (Lipinski definition) is 3. The number of halogens is 1. The summed E-state index contributed by atoms with van der Waals surface area (Å²) in [7, 11) is 4.02. The molecule has 1 atom stereocenters. The van der Waals surface area contributed by atoms with Gasteiger partial charge in [-0.2, -0.15) is 5.10 Å².